The molecular formula is C17H20BrNS. The van der Waals surface area contributed by atoms with Crippen LogP contribution >= 0.6 is 27.7 Å². The van der Waals surface area contributed by atoms with Gasteiger partial charge in [-0.3, -0.25) is 0 Å². The normalized spacial score (nSPS) is 11.1. The largest absolute Gasteiger partial charge is 0.310 e. The fourth-order valence-corrected chi connectivity index (χ4v) is 3.03. The quantitative estimate of drug-likeness (QED) is 0.774. The van der Waals surface area contributed by atoms with Crippen molar-refractivity contribution >= 4 is 27.7 Å². The van der Waals surface area contributed by atoms with Gasteiger partial charge >= 0.3 is 0 Å². The minimum atomic E-state index is 0.520. The Labute approximate surface area is 134 Å². The van der Waals surface area contributed by atoms with Crippen LogP contribution in [-0.2, 0) is 6.54 Å². The lowest BCUT2D eigenvalue weighted by Gasteiger charge is -2.11. The zero-order chi connectivity index (χ0) is 14.5. The van der Waals surface area contributed by atoms with Crippen molar-refractivity contribution in [2.75, 3.05) is 0 Å². The van der Waals surface area contributed by atoms with Crippen LogP contribution in [0.15, 0.2) is 56.7 Å². The van der Waals surface area contributed by atoms with Gasteiger partial charge < -0.3 is 5.32 Å². The molecule has 0 amide bonds. The molecule has 0 unspecified atom stereocenters. The SMILES string of the molecule is Cc1cc(CNC(C)C)ccc1Sc1ccc(Br)cc1. The van der Waals surface area contributed by atoms with Crippen LogP contribution in [0.5, 0.6) is 0 Å². The second kappa shape index (κ2) is 7.30. The van der Waals surface area contributed by atoms with Crippen LogP contribution in [0, 0.1) is 6.92 Å². The predicted molar refractivity (Wildman–Crippen MR) is 91.4 cm³/mol. The Balaban J connectivity index is 2.07. The summed E-state index contributed by atoms with van der Waals surface area (Å²) < 4.78 is 1.12. The van der Waals surface area contributed by atoms with Gasteiger partial charge in [0.05, 0.1) is 0 Å². The van der Waals surface area contributed by atoms with E-state index >= 15 is 0 Å². The number of rotatable bonds is 5. The van der Waals surface area contributed by atoms with Crippen LogP contribution in [0.4, 0.5) is 0 Å². The van der Waals surface area contributed by atoms with Crippen LogP contribution < -0.4 is 5.32 Å². The second-order valence-electron chi connectivity index (χ2n) is 5.19. The van der Waals surface area contributed by atoms with Gasteiger partial charge in [0.1, 0.15) is 0 Å². The van der Waals surface area contributed by atoms with E-state index in [4.69, 9.17) is 0 Å². The zero-order valence-corrected chi connectivity index (χ0v) is 14.5. The maximum Gasteiger partial charge on any atom is 0.0207 e. The van der Waals surface area contributed by atoms with Gasteiger partial charge in [0.2, 0.25) is 0 Å². The number of benzene rings is 2. The van der Waals surface area contributed by atoms with Gasteiger partial charge in [-0.2, -0.15) is 0 Å². The molecule has 0 saturated heterocycles. The number of hydrogen-bond donors (Lipinski definition) is 1. The summed E-state index contributed by atoms with van der Waals surface area (Å²) in [5.74, 6) is 0. The first-order valence-electron chi connectivity index (χ1n) is 6.81. The molecule has 2 aromatic rings. The summed E-state index contributed by atoms with van der Waals surface area (Å²) in [4.78, 5) is 2.59. The summed E-state index contributed by atoms with van der Waals surface area (Å²) in [6.07, 6.45) is 0. The lowest BCUT2D eigenvalue weighted by Crippen LogP contribution is -2.21. The van der Waals surface area contributed by atoms with Crippen molar-refractivity contribution in [3.63, 3.8) is 0 Å². The smallest absolute Gasteiger partial charge is 0.0207 e. The molecule has 0 aromatic heterocycles. The molecule has 0 radical (unpaired) electrons. The first-order valence-corrected chi connectivity index (χ1v) is 8.42. The van der Waals surface area contributed by atoms with E-state index in [1.807, 2.05) is 11.8 Å². The molecule has 0 saturated carbocycles. The van der Waals surface area contributed by atoms with Crippen LogP contribution in [0.2, 0.25) is 0 Å². The minimum Gasteiger partial charge on any atom is -0.310 e. The van der Waals surface area contributed by atoms with Gasteiger partial charge in [0, 0.05) is 26.9 Å². The average molecular weight is 350 g/mol. The van der Waals surface area contributed by atoms with Crippen molar-refractivity contribution in [1.29, 1.82) is 0 Å². The Morgan fingerprint density at radius 1 is 1.10 bits per heavy atom. The van der Waals surface area contributed by atoms with E-state index in [-0.39, 0.29) is 0 Å². The van der Waals surface area contributed by atoms with Crippen molar-refractivity contribution in [2.45, 2.75) is 43.1 Å². The molecule has 2 aromatic carbocycles. The van der Waals surface area contributed by atoms with Gasteiger partial charge in [0.25, 0.3) is 0 Å². The Hall–Kier alpha value is -0.770. The van der Waals surface area contributed by atoms with Gasteiger partial charge in [-0.15, -0.1) is 0 Å². The van der Waals surface area contributed by atoms with Crippen molar-refractivity contribution in [3.8, 4) is 0 Å². The molecule has 106 valence electrons. The van der Waals surface area contributed by atoms with E-state index in [0.29, 0.717) is 6.04 Å². The Bertz CT molecular complexity index is 564. The Morgan fingerprint density at radius 3 is 2.40 bits per heavy atom. The molecular weight excluding hydrogens is 330 g/mol. The van der Waals surface area contributed by atoms with E-state index in [1.54, 1.807) is 0 Å². The third kappa shape index (κ3) is 4.65. The number of nitrogens with one attached hydrogen (secondary N) is 1. The minimum absolute atomic E-state index is 0.520. The van der Waals surface area contributed by atoms with Crippen molar-refractivity contribution in [1.82, 2.24) is 5.32 Å². The Kier molecular flexibility index (Phi) is 5.70. The fraction of sp³-hybridized carbons (Fsp3) is 0.294. The van der Waals surface area contributed by atoms with Crippen LogP contribution in [-0.4, -0.2) is 6.04 Å². The average Bonchev–Trinajstić information content (AvgIpc) is 2.41. The lowest BCUT2D eigenvalue weighted by molar-refractivity contribution is 0.588. The number of hydrogen-bond acceptors (Lipinski definition) is 2. The molecule has 2 rings (SSSR count). The van der Waals surface area contributed by atoms with E-state index in [2.05, 4.69) is 84.5 Å². The molecule has 0 aliphatic rings. The van der Waals surface area contributed by atoms with Gasteiger partial charge in [-0.1, -0.05) is 53.7 Å². The monoisotopic (exact) mass is 349 g/mol. The highest BCUT2D eigenvalue weighted by atomic mass is 79.9. The second-order valence-corrected chi connectivity index (χ2v) is 7.22. The third-order valence-electron chi connectivity index (χ3n) is 3.00. The van der Waals surface area contributed by atoms with Gasteiger partial charge in [-0.25, -0.2) is 0 Å². The number of halogens is 1. The maximum atomic E-state index is 3.47. The molecule has 0 fully saturated rings. The highest BCUT2D eigenvalue weighted by Gasteiger charge is 2.03. The van der Waals surface area contributed by atoms with Gasteiger partial charge in [-0.05, 0) is 48.4 Å². The van der Waals surface area contributed by atoms with Crippen LogP contribution in [0.3, 0.4) is 0 Å². The molecule has 0 aliphatic heterocycles. The summed E-state index contributed by atoms with van der Waals surface area (Å²) in [5, 5.41) is 3.45. The van der Waals surface area contributed by atoms with E-state index in [1.165, 1.54) is 20.9 Å². The highest BCUT2D eigenvalue weighted by Crippen LogP contribution is 2.31. The Morgan fingerprint density at radius 2 is 1.80 bits per heavy atom. The van der Waals surface area contributed by atoms with Crippen molar-refractivity contribution in [3.05, 3.63) is 58.1 Å². The molecule has 0 atom stereocenters. The molecule has 0 heterocycles. The standard InChI is InChI=1S/C17H20BrNS/c1-12(2)19-11-14-4-9-17(13(3)10-14)20-16-7-5-15(18)6-8-16/h4-10,12,19H,11H2,1-3H3. The summed E-state index contributed by atoms with van der Waals surface area (Å²) in [6, 6.07) is 15.7. The van der Waals surface area contributed by atoms with E-state index < -0.39 is 0 Å². The molecule has 0 spiro atoms. The summed E-state index contributed by atoms with van der Waals surface area (Å²) >= 11 is 5.28. The highest BCUT2D eigenvalue weighted by molar-refractivity contribution is 9.10. The van der Waals surface area contributed by atoms with Crippen LogP contribution in [0.25, 0.3) is 0 Å². The van der Waals surface area contributed by atoms with E-state index in [9.17, 15) is 0 Å². The molecule has 20 heavy (non-hydrogen) atoms. The molecule has 0 bridgehead atoms. The zero-order valence-electron chi connectivity index (χ0n) is 12.1. The van der Waals surface area contributed by atoms with E-state index in [0.717, 1.165) is 11.0 Å². The number of aryl methyl sites for hydroxylation is 1. The maximum absolute atomic E-state index is 3.47. The van der Waals surface area contributed by atoms with Crippen LogP contribution in [0.1, 0.15) is 25.0 Å². The topological polar surface area (TPSA) is 12.0 Å². The molecule has 1 nitrogen and oxygen atoms in total. The molecule has 1 N–H and O–H groups in total. The van der Waals surface area contributed by atoms with Gasteiger partial charge in [0.15, 0.2) is 0 Å². The lowest BCUT2D eigenvalue weighted by atomic mass is 10.1. The fourth-order valence-electron chi connectivity index (χ4n) is 1.89. The predicted octanol–water partition coefficient (Wildman–Crippen LogP) is 5.41. The van der Waals surface area contributed by atoms with Crippen molar-refractivity contribution in [2.24, 2.45) is 0 Å². The van der Waals surface area contributed by atoms with Crippen molar-refractivity contribution < 1.29 is 0 Å². The third-order valence-corrected chi connectivity index (χ3v) is 4.71. The first-order chi connectivity index (χ1) is 9.54. The molecule has 0 aliphatic carbocycles. The summed E-state index contributed by atoms with van der Waals surface area (Å²) in [5.41, 5.74) is 2.68. The summed E-state index contributed by atoms with van der Waals surface area (Å²) in [7, 11) is 0. The summed E-state index contributed by atoms with van der Waals surface area (Å²) in [6.45, 7) is 7.46. The first kappa shape index (κ1) is 15.6. The molecule has 3 heteroatoms.